The Bertz CT molecular complexity index is 597. The third-order valence-corrected chi connectivity index (χ3v) is 3.92. The molecule has 0 aliphatic carbocycles. The van der Waals surface area contributed by atoms with Crippen LogP contribution in [0.1, 0.15) is 18.3 Å². The molecule has 2 aliphatic rings. The SMILES string of the molecule is COC1CNC(c2nc3cc4c(cc3[nH]2)OCCO4)C1. The molecule has 1 aromatic carbocycles. The second-order valence-corrected chi connectivity index (χ2v) is 5.19. The summed E-state index contributed by atoms with van der Waals surface area (Å²) in [4.78, 5) is 8.03. The monoisotopic (exact) mass is 275 g/mol. The van der Waals surface area contributed by atoms with Crippen molar-refractivity contribution in [2.24, 2.45) is 0 Å². The molecule has 0 saturated carbocycles. The first-order valence-electron chi connectivity index (χ1n) is 6.89. The quantitative estimate of drug-likeness (QED) is 0.866. The van der Waals surface area contributed by atoms with Gasteiger partial charge < -0.3 is 24.5 Å². The number of aromatic amines is 1. The van der Waals surface area contributed by atoms with Gasteiger partial charge in [-0.05, 0) is 6.42 Å². The zero-order valence-electron chi connectivity index (χ0n) is 11.3. The van der Waals surface area contributed by atoms with Gasteiger partial charge in [0.05, 0.1) is 23.2 Å². The average molecular weight is 275 g/mol. The lowest BCUT2D eigenvalue weighted by atomic mass is 10.2. The number of benzene rings is 1. The number of fused-ring (bicyclic) bond motifs is 2. The molecular weight excluding hydrogens is 258 g/mol. The van der Waals surface area contributed by atoms with Gasteiger partial charge in [-0.25, -0.2) is 4.98 Å². The lowest BCUT2D eigenvalue weighted by Crippen LogP contribution is -2.16. The summed E-state index contributed by atoms with van der Waals surface area (Å²) in [6.07, 6.45) is 1.19. The van der Waals surface area contributed by atoms with Crippen molar-refractivity contribution < 1.29 is 14.2 Å². The third kappa shape index (κ3) is 1.92. The summed E-state index contributed by atoms with van der Waals surface area (Å²) in [6, 6.07) is 4.11. The number of imidazole rings is 1. The van der Waals surface area contributed by atoms with Gasteiger partial charge >= 0.3 is 0 Å². The van der Waals surface area contributed by atoms with Gasteiger partial charge in [0.25, 0.3) is 0 Å². The van der Waals surface area contributed by atoms with E-state index in [9.17, 15) is 0 Å². The molecule has 6 heteroatoms. The summed E-state index contributed by atoms with van der Waals surface area (Å²) in [7, 11) is 1.75. The molecule has 2 N–H and O–H groups in total. The normalized spacial score (nSPS) is 25.2. The molecule has 1 fully saturated rings. The van der Waals surface area contributed by atoms with E-state index in [0.29, 0.717) is 13.2 Å². The van der Waals surface area contributed by atoms with Crippen LogP contribution in [0, 0.1) is 0 Å². The number of nitrogens with one attached hydrogen (secondary N) is 2. The molecule has 2 aromatic rings. The van der Waals surface area contributed by atoms with Gasteiger partial charge in [-0.2, -0.15) is 0 Å². The van der Waals surface area contributed by atoms with Crippen LogP contribution in [0.2, 0.25) is 0 Å². The molecular formula is C14H17N3O3. The molecule has 0 spiro atoms. The highest BCUT2D eigenvalue weighted by Crippen LogP contribution is 2.34. The summed E-state index contributed by atoms with van der Waals surface area (Å²) in [5, 5.41) is 3.42. The molecule has 0 amide bonds. The van der Waals surface area contributed by atoms with Gasteiger partial charge in [-0.3, -0.25) is 0 Å². The Morgan fingerprint density at radius 3 is 2.80 bits per heavy atom. The van der Waals surface area contributed by atoms with Crippen LogP contribution in [0.5, 0.6) is 11.5 Å². The maximum Gasteiger partial charge on any atom is 0.163 e. The van der Waals surface area contributed by atoms with E-state index in [1.807, 2.05) is 12.1 Å². The van der Waals surface area contributed by atoms with E-state index in [0.717, 1.165) is 41.3 Å². The van der Waals surface area contributed by atoms with Crippen molar-refractivity contribution in [1.82, 2.24) is 15.3 Å². The van der Waals surface area contributed by atoms with Crippen LogP contribution < -0.4 is 14.8 Å². The van der Waals surface area contributed by atoms with Crippen LogP contribution in [-0.2, 0) is 4.74 Å². The van der Waals surface area contributed by atoms with Crippen molar-refractivity contribution in [3.8, 4) is 11.5 Å². The molecule has 20 heavy (non-hydrogen) atoms. The number of rotatable bonds is 2. The van der Waals surface area contributed by atoms with Crippen molar-refractivity contribution >= 4 is 11.0 Å². The van der Waals surface area contributed by atoms with Crippen LogP contribution in [0.25, 0.3) is 11.0 Å². The van der Waals surface area contributed by atoms with E-state index >= 15 is 0 Å². The number of hydrogen-bond acceptors (Lipinski definition) is 5. The molecule has 0 radical (unpaired) electrons. The van der Waals surface area contributed by atoms with Crippen molar-refractivity contribution in [2.45, 2.75) is 18.6 Å². The lowest BCUT2D eigenvalue weighted by molar-refractivity contribution is 0.117. The van der Waals surface area contributed by atoms with Crippen LogP contribution >= 0.6 is 0 Å². The molecule has 3 heterocycles. The Morgan fingerprint density at radius 2 is 2.05 bits per heavy atom. The Hall–Kier alpha value is -1.79. The van der Waals surface area contributed by atoms with Crippen LogP contribution in [-0.4, -0.2) is 42.9 Å². The number of ether oxygens (including phenoxy) is 3. The maximum absolute atomic E-state index is 5.59. The number of methoxy groups -OCH3 is 1. The Kier molecular flexibility index (Phi) is 2.78. The number of aromatic nitrogens is 2. The first-order valence-corrected chi connectivity index (χ1v) is 6.89. The summed E-state index contributed by atoms with van der Waals surface area (Å²) < 4.78 is 16.6. The second-order valence-electron chi connectivity index (χ2n) is 5.19. The average Bonchev–Trinajstić information content (AvgIpc) is 3.10. The summed E-state index contributed by atoms with van der Waals surface area (Å²) in [6.45, 7) is 2.05. The molecule has 2 aliphatic heterocycles. The molecule has 1 saturated heterocycles. The van der Waals surface area contributed by atoms with Gasteiger partial charge in [0, 0.05) is 25.8 Å². The second kappa shape index (κ2) is 4.64. The minimum Gasteiger partial charge on any atom is -0.486 e. The van der Waals surface area contributed by atoms with Crippen LogP contribution in [0.15, 0.2) is 12.1 Å². The molecule has 4 rings (SSSR count). The van der Waals surface area contributed by atoms with Crippen molar-refractivity contribution in [3.63, 3.8) is 0 Å². The Balaban J connectivity index is 1.68. The van der Waals surface area contributed by atoms with Gasteiger partial charge in [-0.1, -0.05) is 0 Å². The minimum absolute atomic E-state index is 0.214. The highest BCUT2D eigenvalue weighted by Gasteiger charge is 2.27. The number of nitrogens with zero attached hydrogens (tertiary/aromatic N) is 1. The summed E-state index contributed by atoms with van der Waals surface area (Å²) in [5.74, 6) is 2.51. The number of H-pyrrole nitrogens is 1. The van der Waals surface area contributed by atoms with Crippen molar-refractivity contribution in [2.75, 3.05) is 26.9 Å². The van der Waals surface area contributed by atoms with E-state index in [1.165, 1.54) is 0 Å². The Labute approximate surface area is 116 Å². The minimum atomic E-state index is 0.214. The zero-order valence-corrected chi connectivity index (χ0v) is 11.3. The van der Waals surface area contributed by atoms with E-state index in [2.05, 4.69) is 15.3 Å². The zero-order chi connectivity index (χ0) is 13.5. The summed E-state index contributed by atoms with van der Waals surface area (Å²) in [5.41, 5.74) is 1.89. The molecule has 6 nitrogen and oxygen atoms in total. The van der Waals surface area contributed by atoms with Crippen molar-refractivity contribution in [1.29, 1.82) is 0 Å². The van der Waals surface area contributed by atoms with Crippen LogP contribution in [0.4, 0.5) is 0 Å². The molecule has 0 bridgehead atoms. The topological polar surface area (TPSA) is 68.4 Å². The third-order valence-electron chi connectivity index (χ3n) is 3.92. The first-order chi connectivity index (χ1) is 9.83. The van der Waals surface area contributed by atoms with E-state index < -0.39 is 0 Å². The van der Waals surface area contributed by atoms with Gasteiger partial charge in [-0.15, -0.1) is 0 Å². The smallest absolute Gasteiger partial charge is 0.163 e. The number of hydrogen-bond donors (Lipinski definition) is 2. The molecule has 2 atom stereocenters. The van der Waals surface area contributed by atoms with Gasteiger partial charge in [0.1, 0.15) is 19.0 Å². The lowest BCUT2D eigenvalue weighted by Gasteiger charge is -2.17. The fourth-order valence-electron chi connectivity index (χ4n) is 2.82. The van der Waals surface area contributed by atoms with Gasteiger partial charge in [0.15, 0.2) is 11.5 Å². The Morgan fingerprint density at radius 1 is 1.25 bits per heavy atom. The van der Waals surface area contributed by atoms with E-state index in [1.54, 1.807) is 7.11 Å². The highest BCUT2D eigenvalue weighted by molar-refractivity contribution is 5.80. The fourth-order valence-corrected chi connectivity index (χ4v) is 2.82. The largest absolute Gasteiger partial charge is 0.486 e. The summed E-state index contributed by atoms with van der Waals surface area (Å²) >= 11 is 0. The van der Waals surface area contributed by atoms with E-state index in [4.69, 9.17) is 14.2 Å². The molecule has 106 valence electrons. The van der Waals surface area contributed by atoms with E-state index in [-0.39, 0.29) is 12.1 Å². The predicted molar refractivity (Wildman–Crippen MR) is 73.2 cm³/mol. The van der Waals surface area contributed by atoms with Crippen molar-refractivity contribution in [3.05, 3.63) is 18.0 Å². The molecule has 1 aromatic heterocycles. The fraction of sp³-hybridized carbons (Fsp3) is 0.500. The van der Waals surface area contributed by atoms with Gasteiger partial charge in [0.2, 0.25) is 0 Å². The standard InChI is InChI=1S/C14H17N3O3/c1-18-8-4-11(15-7-8)14-16-9-5-12-13(6-10(9)17-14)20-3-2-19-12/h5-6,8,11,15H,2-4,7H2,1H3,(H,16,17). The highest BCUT2D eigenvalue weighted by atomic mass is 16.6. The first kappa shape index (κ1) is 12.0. The predicted octanol–water partition coefficient (Wildman–Crippen LogP) is 1.38. The molecule has 2 unspecified atom stereocenters. The van der Waals surface area contributed by atoms with Crippen LogP contribution in [0.3, 0.4) is 0 Å². The maximum atomic E-state index is 5.59.